The number of carbonyl (C=O) groups excluding carboxylic acids is 1. The lowest BCUT2D eigenvalue weighted by atomic mass is 10.2. The van der Waals surface area contributed by atoms with E-state index in [9.17, 15) is 4.79 Å². The summed E-state index contributed by atoms with van der Waals surface area (Å²) in [5, 5.41) is 8.52. The van der Waals surface area contributed by atoms with Crippen molar-refractivity contribution in [2.45, 2.75) is 38.6 Å². The smallest absolute Gasteiger partial charge is 0.226 e. The molecule has 2 saturated carbocycles. The van der Waals surface area contributed by atoms with E-state index in [1.807, 2.05) is 4.90 Å². The Hall–Kier alpha value is -1.04. The van der Waals surface area contributed by atoms with Gasteiger partial charge in [0.15, 0.2) is 0 Å². The molecule has 0 aromatic heterocycles. The molecule has 3 heteroatoms. The van der Waals surface area contributed by atoms with Gasteiger partial charge in [0.05, 0.1) is 12.5 Å². The van der Waals surface area contributed by atoms with Gasteiger partial charge in [-0.15, -0.1) is 0 Å². The number of amides is 1. The van der Waals surface area contributed by atoms with Gasteiger partial charge in [-0.1, -0.05) is 6.92 Å². The average Bonchev–Trinajstić information content (AvgIpc) is 3.01. The first kappa shape index (κ1) is 9.51. The third kappa shape index (κ3) is 1.89. The van der Waals surface area contributed by atoms with Gasteiger partial charge in [0.2, 0.25) is 5.91 Å². The van der Waals surface area contributed by atoms with Crippen LogP contribution in [0.3, 0.4) is 0 Å². The molecule has 2 atom stereocenters. The fourth-order valence-corrected chi connectivity index (χ4v) is 1.91. The molecule has 0 heterocycles. The standard InChI is InChI=1S/C11H16N2O/c1-8-7-10(8)11(14)13(6-2-5-12)9-3-4-9/h8-10H,2-4,6-7H2,1H3. The molecule has 0 N–H and O–H groups in total. The number of nitriles is 1. The van der Waals surface area contributed by atoms with Crippen LogP contribution in [0.5, 0.6) is 0 Å². The third-order valence-corrected chi connectivity index (χ3v) is 3.16. The lowest BCUT2D eigenvalue weighted by Gasteiger charge is -2.21. The number of rotatable bonds is 4. The van der Waals surface area contributed by atoms with Gasteiger partial charge in [0, 0.05) is 18.5 Å². The Balaban J connectivity index is 1.89. The minimum atomic E-state index is 0.272. The maximum atomic E-state index is 11.9. The molecule has 1 amide bonds. The summed E-state index contributed by atoms with van der Waals surface area (Å²) in [5.74, 6) is 1.15. The van der Waals surface area contributed by atoms with Crippen molar-refractivity contribution in [3.05, 3.63) is 0 Å². The third-order valence-electron chi connectivity index (χ3n) is 3.16. The lowest BCUT2D eigenvalue weighted by molar-refractivity contribution is -0.133. The molecule has 0 radical (unpaired) electrons. The van der Waals surface area contributed by atoms with E-state index in [1.165, 1.54) is 0 Å². The molecule has 3 nitrogen and oxygen atoms in total. The molecular formula is C11H16N2O. The zero-order valence-electron chi connectivity index (χ0n) is 8.57. The SMILES string of the molecule is CC1CC1C(=O)N(CCC#N)C1CC1. The summed E-state index contributed by atoms with van der Waals surface area (Å²) in [7, 11) is 0. The Morgan fingerprint density at radius 3 is 2.64 bits per heavy atom. The minimum absolute atomic E-state index is 0.272. The van der Waals surface area contributed by atoms with Crippen LogP contribution in [0.25, 0.3) is 0 Å². The van der Waals surface area contributed by atoms with Crippen LogP contribution in [0.15, 0.2) is 0 Å². The van der Waals surface area contributed by atoms with Gasteiger partial charge < -0.3 is 4.90 Å². The molecule has 0 aliphatic heterocycles. The minimum Gasteiger partial charge on any atom is -0.338 e. The van der Waals surface area contributed by atoms with Crippen molar-refractivity contribution >= 4 is 5.91 Å². The molecule has 2 aliphatic carbocycles. The van der Waals surface area contributed by atoms with E-state index in [2.05, 4.69) is 13.0 Å². The van der Waals surface area contributed by atoms with Gasteiger partial charge in [-0.25, -0.2) is 0 Å². The van der Waals surface area contributed by atoms with E-state index in [-0.39, 0.29) is 5.92 Å². The number of hydrogen-bond acceptors (Lipinski definition) is 2. The van der Waals surface area contributed by atoms with E-state index in [0.717, 1.165) is 19.3 Å². The van der Waals surface area contributed by atoms with Gasteiger partial charge in [-0.2, -0.15) is 5.26 Å². The summed E-state index contributed by atoms with van der Waals surface area (Å²) in [6.45, 7) is 2.77. The molecule has 0 spiro atoms. The predicted octanol–water partition coefficient (Wildman–Crippen LogP) is 1.55. The number of carbonyl (C=O) groups is 1. The molecule has 2 fully saturated rings. The fourth-order valence-electron chi connectivity index (χ4n) is 1.91. The zero-order chi connectivity index (χ0) is 10.1. The van der Waals surface area contributed by atoms with Crippen molar-refractivity contribution < 1.29 is 4.79 Å². The molecular weight excluding hydrogens is 176 g/mol. The van der Waals surface area contributed by atoms with Crippen molar-refractivity contribution in [3.8, 4) is 6.07 Å². The van der Waals surface area contributed by atoms with Gasteiger partial charge in [-0.05, 0) is 25.2 Å². The first-order valence-electron chi connectivity index (χ1n) is 5.41. The zero-order valence-corrected chi connectivity index (χ0v) is 8.57. The van der Waals surface area contributed by atoms with Crippen molar-refractivity contribution in [1.29, 1.82) is 5.26 Å². The van der Waals surface area contributed by atoms with Crippen LogP contribution in [-0.2, 0) is 4.79 Å². The van der Waals surface area contributed by atoms with Crippen LogP contribution >= 0.6 is 0 Å². The highest BCUT2D eigenvalue weighted by molar-refractivity contribution is 5.82. The molecule has 2 rings (SSSR count). The van der Waals surface area contributed by atoms with Crippen molar-refractivity contribution in [3.63, 3.8) is 0 Å². The predicted molar refractivity (Wildman–Crippen MR) is 52.2 cm³/mol. The van der Waals surface area contributed by atoms with E-state index >= 15 is 0 Å². The monoisotopic (exact) mass is 192 g/mol. The van der Waals surface area contributed by atoms with Crippen LogP contribution in [-0.4, -0.2) is 23.4 Å². The molecule has 76 valence electrons. The van der Waals surface area contributed by atoms with Gasteiger partial charge in [-0.3, -0.25) is 4.79 Å². The summed E-state index contributed by atoms with van der Waals surface area (Å²) in [6.07, 6.45) is 3.80. The van der Waals surface area contributed by atoms with Crippen molar-refractivity contribution in [1.82, 2.24) is 4.90 Å². The Kier molecular flexibility index (Phi) is 2.45. The van der Waals surface area contributed by atoms with E-state index in [4.69, 9.17) is 5.26 Å². The topological polar surface area (TPSA) is 44.1 Å². The fraction of sp³-hybridized carbons (Fsp3) is 0.818. The Bertz CT molecular complexity index is 278. The van der Waals surface area contributed by atoms with Crippen LogP contribution < -0.4 is 0 Å². The summed E-state index contributed by atoms with van der Waals surface area (Å²) < 4.78 is 0. The van der Waals surface area contributed by atoms with E-state index in [0.29, 0.717) is 30.8 Å². The highest BCUT2D eigenvalue weighted by Crippen LogP contribution is 2.41. The normalized spacial score (nSPS) is 29.4. The maximum Gasteiger partial charge on any atom is 0.226 e. The average molecular weight is 192 g/mol. The van der Waals surface area contributed by atoms with E-state index < -0.39 is 0 Å². The molecule has 2 aliphatic rings. The Morgan fingerprint density at radius 2 is 2.21 bits per heavy atom. The van der Waals surface area contributed by atoms with Crippen LogP contribution in [0.1, 0.15) is 32.6 Å². The second-order valence-electron chi connectivity index (χ2n) is 4.49. The summed E-state index contributed by atoms with van der Waals surface area (Å²) in [6, 6.07) is 2.57. The molecule has 0 saturated heterocycles. The molecule has 0 bridgehead atoms. The second kappa shape index (κ2) is 3.61. The first-order chi connectivity index (χ1) is 6.74. The summed E-state index contributed by atoms with van der Waals surface area (Å²) >= 11 is 0. The quantitative estimate of drug-likeness (QED) is 0.678. The van der Waals surface area contributed by atoms with Gasteiger partial charge in [0.25, 0.3) is 0 Å². The molecule has 14 heavy (non-hydrogen) atoms. The summed E-state index contributed by atoms with van der Waals surface area (Å²) in [4.78, 5) is 13.9. The number of hydrogen-bond donors (Lipinski definition) is 0. The Morgan fingerprint density at radius 1 is 1.57 bits per heavy atom. The largest absolute Gasteiger partial charge is 0.338 e. The van der Waals surface area contributed by atoms with Crippen molar-refractivity contribution in [2.24, 2.45) is 11.8 Å². The second-order valence-corrected chi connectivity index (χ2v) is 4.49. The first-order valence-corrected chi connectivity index (χ1v) is 5.41. The Labute approximate surface area is 84.7 Å². The van der Waals surface area contributed by atoms with Crippen LogP contribution in [0.2, 0.25) is 0 Å². The lowest BCUT2D eigenvalue weighted by Crippen LogP contribution is -2.35. The van der Waals surface area contributed by atoms with Crippen LogP contribution in [0.4, 0.5) is 0 Å². The molecule has 2 unspecified atom stereocenters. The number of nitrogens with zero attached hydrogens (tertiary/aromatic N) is 2. The van der Waals surface area contributed by atoms with Crippen LogP contribution in [0, 0.1) is 23.2 Å². The maximum absolute atomic E-state index is 11.9. The molecule has 0 aromatic rings. The highest BCUT2D eigenvalue weighted by Gasteiger charge is 2.44. The summed E-state index contributed by atoms with van der Waals surface area (Å²) in [5.41, 5.74) is 0. The van der Waals surface area contributed by atoms with E-state index in [1.54, 1.807) is 0 Å². The van der Waals surface area contributed by atoms with Gasteiger partial charge >= 0.3 is 0 Å². The molecule has 0 aromatic carbocycles. The van der Waals surface area contributed by atoms with Crippen molar-refractivity contribution in [2.75, 3.05) is 6.54 Å². The van der Waals surface area contributed by atoms with Gasteiger partial charge in [0.1, 0.15) is 0 Å². The highest BCUT2D eigenvalue weighted by atomic mass is 16.2.